The van der Waals surface area contributed by atoms with Crippen LogP contribution in [0.15, 0.2) is 82.8 Å². The van der Waals surface area contributed by atoms with Crippen LogP contribution in [0.25, 0.3) is 0 Å². The Labute approximate surface area is 233 Å². The molecule has 1 aromatic heterocycles. The second kappa shape index (κ2) is 13.3. The van der Waals surface area contributed by atoms with Gasteiger partial charge in [-0.05, 0) is 41.6 Å². The minimum absolute atomic E-state index is 0.210. The fourth-order valence-corrected chi connectivity index (χ4v) is 5.93. The Bertz CT molecular complexity index is 1380. The number of amides is 2. The average molecular weight is 567 g/mol. The van der Waals surface area contributed by atoms with Crippen LogP contribution in [0.4, 0.5) is 10.8 Å². The van der Waals surface area contributed by atoms with Gasteiger partial charge in [0.05, 0.1) is 14.2 Å². The van der Waals surface area contributed by atoms with Gasteiger partial charge in [0.2, 0.25) is 16.2 Å². The Kier molecular flexibility index (Phi) is 9.63. The topological polar surface area (TPSA) is 102 Å². The van der Waals surface area contributed by atoms with Gasteiger partial charge in [0, 0.05) is 22.1 Å². The zero-order valence-electron chi connectivity index (χ0n) is 21.0. The SMILES string of the molecule is CCSc1nsc(NC(=O)C(Sc2cccc(NC(=O)c3c(OC)cccc3OC)c2)c2ccccc2)n1. The molecule has 38 heavy (non-hydrogen) atoms. The van der Waals surface area contributed by atoms with Crippen molar-refractivity contribution in [2.24, 2.45) is 0 Å². The van der Waals surface area contributed by atoms with Crippen molar-refractivity contribution < 1.29 is 19.1 Å². The maximum atomic E-state index is 13.4. The highest BCUT2D eigenvalue weighted by molar-refractivity contribution is 8.00. The third-order valence-electron chi connectivity index (χ3n) is 5.25. The van der Waals surface area contributed by atoms with E-state index in [2.05, 4.69) is 20.0 Å². The number of thioether (sulfide) groups is 2. The van der Waals surface area contributed by atoms with E-state index >= 15 is 0 Å². The molecule has 0 aliphatic heterocycles. The number of nitrogens with zero attached hydrogens (tertiary/aromatic N) is 2. The lowest BCUT2D eigenvalue weighted by Gasteiger charge is -2.17. The summed E-state index contributed by atoms with van der Waals surface area (Å²) in [5, 5.41) is 6.37. The Morgan fingerprint density at radius 1 is 0.947 bits per heavy atom. The van der Waals surface area contributed by atoms with E-state index in [0.29, 0.717) is 33.0 Å². The van der Waals surface area contributed by atoms with Crippen molar-refractivity contribution in [3.63, 3.8) is 0 Å². The van der Waals surface area contributed by atoms with Crippen molar-refractivity contribution in [3.8, 4) is 11.5 Å². The summed E-state index contributed by atoms with van der Waals surface area (Å²) in [6.07, 6.45) is 0. The van der Waals surface area contributed by atoms with Gasteiger partial charge in [0.25, 0.3) is 5.91 Å². The summed E-state index contributed by atoms with van der Waals surface area (Å²) in [4.78, 5) is 31.7. The molecule has 1 heterocycles. The lowest BCUT2D eigenvalue weighted by molar-refractivity contribution is -0.115. The van der Waals surface area contributed by atoms with Gasteiger partial charge < -0.3 is 14.8 Å². The van der Waals surface area contributed by atoms with E-state index in [-0.39, 0.29) is 11.8 Å². The number of carbonyl (C=O) groups is 2. The first-order valence-electron chi connectivity index (χ1n) is 11.6. The molecule has 0 bridgehead atoms. The second-order valence-corrected chi connectivity index (χ2v) is 10.9. The standard InChI is InChI=1S/C27H26N4O4S3/c1-4-36-27-30-26(38-31-27)29-25(33)23(17-10-6-5-7-11-17)37-19-13-8-12-18(16-19)28-24(32)22-20(34-2)14-9-15-21(22)35-3/h5-16,23H,4H2,1-3H3,(H,28,32)(H,29,30,31,33). The molecular weight excluding hydrogens is 541 g/mol. The summed E-state index contributed by atoms with van der Waals surface area (Å²) in [5.74, 6) is 1.09. The van der Waals surface area contributed by atoms with Crippen LogP contribution < -0.4 is 20.1 Å². The van der Waals surface area contributed by atoms with E-state index in [1.165, 1.54) is 37.7 Å². The summed E-state index contributed by atoms with van der Waals surface area (Å²) in [6.45, 7) is 2.02. The molecule has 11 heteroatoms. The van der Waals surface area contributed by atoms with Crippen LogP contribution in [-0.2, 0) is 4.79 Å². The molecule has 0 aliphatic rings. The van der Waals surface area contributed by atoms with Crippen LogP contribution in [0.3, 0.4) is 0 Å². The molecule has 2 amide bonds. The van der Waals surface area contributed by atoms with E-state index in [9.17, 15) is 9.59 Å². The van der Waals surface area contributed by atoms with Crippen LogP contribution >= 0.6 is 35.1 Å². The minimum atomic E-state index is -0.553. The molecule has 2 N–H and O–H groups in total. The summed E-state index contributed by atoms with van der Waals surface area (Å²) in [5.41, 5.74) is 1.72. The molecule has 0 fully saturated rings. The molecule has 0 radical (unpaired) electrons. The number of methoxy groups -OCH3 is 2. The molecular formula is C27H26N4O4S3. The molecule has 0 spiro atoms. The molecule has 1 unspecified atom stereocenters. The van der Waals surface area contributed by atoms with Crippen LogP contribution in [0.5, 0.6) is 11.5 Å². The van der Waals surface area contributed by atoms with Gasteiger partial charge in [0.15, 0.2) is 0 Å². The van der Waals surface area contributed by atoms with E-state index in [1.54, 1.807) is 24.3 Å². The highest BCUT2D eigenvalue weighted by Gasteiger charge is 2.24. The Morgan fingerprint density at radius 2 is 1.66 bits per heavy atom. The van der Waals surface area contributed by atoms with Gasteiger partial charge in [0.1, 0.15) is 22.3 Å². The van der Waals surface area contributed by atoms with E-state index in [0.717, 1.165) is 27.7 Å². The maximum absolute atomic E-state index is 13.4. The number of rotatable bonds is 11. The van der Waals surface area contributed by atoms with Crippen LogP contribution in [0, 0.1) is 0 Å². The number of carbonyl (C=O) groups excluding carboxylic acids is 2. The number of ether oxygens (including phenoxy) is 2. The first kappa shape index (κ1) is 27.5. The molecule has 8 nitrogen and oxygen atoms in total. The smallest absolute Gasteiger partial charge is 0.263 e. The van der Waals surface area contributed by atoms with Crippen LogP contribution in [0.1, 0.15) is 28.1 Å². The molecule has 196 valence electrons. The van der Waals surface area contributed by atoms with Crippen molar-refractivity contribution in [1.29, 1.82) is 0 Å². The highest BCUT2D eigenvalue weighted by atomic mass is 32.2. The Hall–Kier alpha value is -3.54. The number of hydrogen-bond acceptors (Lipinski definition) is 9. The highest BCUT2D eigenvalue weighted by Crippen LogP contribution is 2.38. The summed E-state index contributed by atoms with van der Waals surface area (Å²) >= 11 is 4.06. The number of benzene rings is 3. The van der Waals surface area contributed by atoms with Crippen molar-refractivity contribution in [2.75, 3.05) is 30.6 Å². The lowest BCUT2D eigenvalue weighted by atomic mass is 10.1. The van der Waals surface area contributed by atoms with Gasteiger partial charge >= 0.3 is 0 Å². The predicted molar refractivity (Wildman–Crippen MR) is 154 cm³/mol. The normalized spacial score (nSPS) is 11.4. The van der Waals surface area contributed by atoms with Crippen molar-refractivity contribution >= 4 is 57.7 Å². The monoisotopic (exact) mass is 566 g/mol. The molecule has 0 saturated carbocycles. The average Bonchev–Trinajstić information content (AvgIpc) is 3.38. The minimum Gasteiger partial charge on any atom is -0.496 e. The van der Waals surface area contributed by atoms with Gasteiger partial charge in [-0.3, -0.25) is 14.9 Å². The summed E-state index contributed by atoms with van der Waals surface area (Å²) < 4.78 is 15.0. The number of aromatic nitrogens is 2. The van der Waals surface area contributed by atoms with E-state index in [4.69, 9.17) is 9.47 Å². The van der Waals surface area contributed by atoms with E-state index in [1.807, 2.05) is 55.5 Å². The van der Waals surface area contributed by atoms with Crippen LogP contribution in [0.2, 0.25) is 0 Å². The fourth-order valence-electron chi connectivity index (χ4n) is 3.57. The summed E-state index contributed by atoms with van der Waals surface area (Å²) in [6, 6.07) is 22.0. The fraction of sp³-hybridized carbons (Fsp3) is 0.185. The Morgan fingerprint density at radius 3 is 2.34 bits per heavy atom. The van der Waals surface area contributed by atoms with Gasteiger partial charge in [-0.2, -0.15) is 9.36 Å². The molecule has 4 rings (SSSR count). The van der Waals surface area contributed by atoms with Gasteiger partial charge in [-0.15, -0.1) is 11.8 Å². The molecule has 1 atom stereocenters. The number of anilines is 2. The predicted octanol–water partition coefficient (Wildman–Crippen LogP) is 6.39. The molecule has 0 aliphatic carbocycles. The lowest BCUT2D eigenvalue weighted by Crippen LogP contribution is -2.19. The summed E-state index contributed by atoms with van der Waals surface area (Å²) in [7, 11) is 3.01. The largest absolute Gasteiger partial charge is 0.496 e. The number of hydrogen-bond donors (Lipinski definition) is 2. The first-order chi connectivity index (χ1) is 18.5. The quantitative estimate of drug-likeness (QED) is 0.201. The molecule has 0 saturated heterocycles. The van der Waals surface area contributed by atoms with Gasteiger partial charge in [-0.1, -0.05) is 61.2 Å². The third kappa shape index (κ3) is 6.85. The van der Waals surface area contributed by atoms with E-state index < -0.39 is 5.25 Å². The third-order valence-corrected chi connectivity index (χ3v) is 7.98. The first-order valence-corrected chi connectivity index (χ1v) is 14.3. The zero-order valence-corrected chi connectivity index (χ0v) is 23.4. The van der Waals surface area contributed by atoms with Gasteiger partial charge in [-0.25, -0.2) is 0 Å². The van der Waals surface area contributed by atoms with Crippen molar-refractivity contribution in [2.45, 2.75) is 22.2 Å². The molecule has 4 aromatic rings. The Balaban J connectivity index is 1.55. The molecule has 3 aromatic carbocycles. The maximum Gasteiger partial charge on any atom is 0.263 e. The van der Waals surface area contributed by atoms with Crippen LogP contribution in [-0.4, -0.2) is 41.1 Å². The zero-order chi connectivity index (χ0) is 26.9. The van der Waals surface area contributed by atoms with Crippen molar-refractivity contribution in [3.05, 3.63) is 83.9 Å². The van der Waals surface area contributed by atoms with Crippen molar-refractivity contribution in [1.82, 2.24) is 9.36 Å². The number of nitrogens with one attached hydrogen (secondary N) is 2. The second-order valence-electron chi connectivity index (χ2n) is 7.73.